The van der Waals surface area contributed by atoms with E-state index in [2.05, 4.69) is 30.6 Å². The van der Waals surface area contributed by atoms with Crippen LogP contribution in [0.1, 0.15) is 30.3 Å². The maximum atomic E-state index is 5.65. The number of nitrogens with two attached hydrogens (primary N) is 1. The smallest absolute Gasteiger partial charge is 0.233 e. The molecule has 0 spiro atoms. The highest BCUT2D eigenvalue weighted by Gasteiger charge is 2.24. The fraction of sp³-hybridized carbons (Fsp3) is 0.636. The average molecular weight is 314 g/mol. The zero-order valence-electron chi connectivity index (χ0n) is 10.3. The quantitative estimate of drug-likeness (QED) is 0.904. The van der Waals surface area contributed by atoms with Gasteiger partial charge in [0.05, 0.1) is 5.69 Å². The van der Waals surface area contributed by atoms with Gasteiger partial charge in [0.15, 0.2) is 0 Å². The molecule has 2 N–H and O–H groups in total. The molecule has 2 aromatic rings. The van der Waals surface area contributed by atoms with Gasteiger partial charge in [-0.2, -0.15) is 9.61 Å². The number of aromatic nitrogens is 4. The van der Waals surface area contributed by atoms with Crippen molar-refractivity contribution < 1.29 is 4.74 Å². The average Bonchev–Trinajstić information content (AvgIpc) is 2.89. The Bertz CT molecular complexity index is 569. The zero-order valence-corrected chi connectivity index (χ0v) is 11.9. The molecule has 1 saturated heterocycles. The van der Waals surface area contributed by atoms with E-state index in [0.29, 0.717) is 12.5 Å². The van der Waals surface area contributed by atoms with Crippen LogP contribution < -0.4 is 5.73 Å². The third-order valence-corrected chi connectivity index (χ3v) is 4.27. The summed E-state index contributed by atoms with van der Waals surface area (Å²) in [6.07, 6.45) is 2.05. The van der Waals surface area contributed by atoms with Crippen LogP contribution >= 0.6 is 15.9 Å². The standard InChI is InChI=1S/C11H16BrN5O/c1-16-10(7-2-4-18-5-3-7)15-17-9(12)8(6-13)14-11(16)17/h7H,2-6,13H2,1H3. The molecule has 3 rings (SSSR count). The predicted octanol–water partition coefficient (Wildman–Crippen LogP) is 1.18. The fourth-order valence-electron chi connectivity index (χ4n) is 2.44. The Balaban J connectivity index is 2.06. The van der Waals surface area contributed by atoms with Gasteiger partial charge in [0.1, 0.15) is 10.4 Å². The summed E-state index contributed by atoms with van der Waals surface area (Å²) >= 11 is 3.50. The van der Waals surface area contributed by atoms with Gasteiger partial charge in [-0.1, -0.05) is 0 Å². The topological polar surface area (TPSA) is 70.4 Å². The van der Waals surface area contributed by atoms with Crippen LogP contribution in [0.3, 0.4) is 0 Å². The lowest BCUT2D eigenvalue weighted by Crippen LogP contribution is -2.17. The number of imidazole rings is 1. The van der Waals surface area contributed by atoms with Gasteiger partial charge in [-0.3, -0.25) is 4.57 Å². The lowest BCUT2D eigenvalue weighted by atomic mass is 10.00. The SMILES string of the molecule is Cn1c(C2CCOCC2)nn2c(Br)c(CN)nc12. The molecule has 0 amide bonds. The minimum atomic E-state index is 0.413. The predicted molar refractivity (Wildman–Crippen MR) is 70.3 cm³/mol. The largest absolute Gasteiger partial charge is 0.381 e. The Morgan fingerprint density at radius 2 is 2.17 bits per heavy atom. The summed E-state index contributed by atoms with van der Waals surface area (Å²) in [4.78, 5) is 4.51. The Labute approximate surface area is 113 Å². The third-order valence-electron chi connectivity index (χ3n) is 3.47. The van der Waals surface area contributed by atoms with Crippen LogP contribution in [0.15, 0.2) is 4.60 Å². The molecule has 1 aliphatic rings. The van der Waals surface area contributed by atoms with Crippen molar-refractivity contribution >= 4 is 21.7 Å². The first-order valence-electron chi connectivity index (χ1n) is 6.10. The van der Waals surface area contributed by atoms with Crippen LogP contribution in [-0.2, 0) is 18.3 Å². The molecule has 1 aliphatic heterocycles. The molecule has 0 aliphatic carbocycles. The van der Waals surface area contributed by atoms with E-state index in [1.54, 1.807) is 0 Å². The highest BCUT2D eigenvalue weighted by molar-refractivity contribution is 9.10. The van der Waals surface area contributed by atoms with Crippen molar-refractivity contribution in [3.8, 4) is 0 Å². The monoisotopic (exact) mass is 313 g/mol. The molecule has 0 radical (unpaired) electrons. The summed E-state index contributed by atoms with van der Waals surface area (Å²) in [5, 5.41) is 4.66. The van der Waals surface area contributed by atoms with Gasteiger partial charge in [-0.25, -0.2) is 4.98 Å². The Hall–Kier alpha value is -0.920. The van der Waals surface area contributed by atoms with Gasteiger partial charge in [0.25, 0.3) is 0 Å². The van der Waals surface area contributed by atoms with Crippen LogP contribution in [0, 0.1) is 0 Å². The molecule has 0 unspecified atom stereocenters. The second-order valence-electron chi connectivity index (χ2n) is 4.57. The molecule has 18 heavy (non-hydrogen) atoms. The molecule has 0 bridgehead atoms. The first-order valence-corrected chi connectivity index (χ1v) is 6.89. The summed E-state index contributed by atoms with van der Waals surface area (Å²) in [7, 11) is 2.01. The van der Waals surface area contributed by atoms with Crippen molar-refractivity contribution in [2.45, 2.75) is 25.3 Å². The van der Waals surface area contributed by atoms with Gasteiger partial charge in [-0.15, -0.1) is 0 Å². The maximum Gasteiger partial charge on any atom is 0.233 e. The Kier molecular flexibility index (Phi) is 3.13. The van der Waals surface area contributed by atoms with E-state index >= 15 is 0 Å². The number of hydrogen-bond donors (Lipinski definition) is 1. The number of halogens is 1. The van der Waals surface area contributed by atoms with Crippen molar-refractivity contribution in [2.24, 2.45) is 12.8 Å². The van der Waals surface area contributed by atoms with Gasteiger partial charge in [0, 0.05) is 32.7 Å². The van der Waals surface area contributed by atoms with E-state index in [-0.39, 0.29) is 0 Å². The van der Waals surface area contributed by atoms with E-state index in [4.69, 9.17) is 10.5 Å². The molecule has 2 aromatic heterocycles. The van der Waals surface area contributed by atoms with E-state index in [0.717, 1.165) is 48.0 Å². The van der Waals surface area contributed by atoms with Crippen molar-refractivity contribution in [1.82, 2.24) is 19.2 Å². The van der Waals surface area contributed by atoms with Crippen molar-refractivity contribution in [2.75, 3.05) is 13.2 Å². The molecule has 3 heterocycles. The number of nitrogens with zero attached hydrogens (tertiary/aromatic N) is 4. The number of aryl methyl sites for hydroxylation is 1. The summed E-state index contributed by atoms with van der Waals surface area (Å²) in [6, 6.07) is 0. The fourth-order valence-corrected chi connectivity index (χ4v) is 2.93. The van der Waals surface area contributed by atoms with E-state index in [1.165, 1.54) is 0 Å². The van der Waals surface area contributed by atoms with Crippen LogP contribution in [0.25, 0.3) is 5.78 Å². The van der Waals surface area contributed by atoms with Crippen molar-refractivity contribution in [1.29, 1.82) is 0 Å². The van der Waals surface area contributed by atoms with Crippen LogP contribution in [0.5, 0.6) is 0 Å². The molecular formula is C11H16BrN5O. The highest BCUT2D eigenvalue weighted by Crippen LogP contribution is 2.28. The number of ether oxygens (including phenoxy) is 1. The lowest BCUT2D eigenvalue weighted by Gasteiger charge is -2.20. The summed E-state index contributed by atoms with van der Waals surface area (Å²) < 4.78 is 10.1. The van der Waals surface area contributed by atoms with Crippen LogP contribution in [0.2, 0.25) is 0 Å². The number of rotatable bonds is 2. The van der Waals surface area contributed by atoms with E-state index in [9.17, 15) is 0 Å². The Morgan fingerprint density at radius 1 is 1.44 bits per heavy atom. The van der Waals surface area contributed by atoms with Gasteiger partial charge in [0.2, 0.25) is 5.78 Å². The Morgan fingerprint density at radius 3 is 2.78 bits per heavy atom. The zero-order chi connectivity index (χ0) is 12.7. The minimum absolute atomic E-state index is 0.413. The van der Waals surface area contributed by atoms with Crippen molar-refractivity contribution in [3.05, 3.63) is 16.1 Å². The van der Waals surface area contributed by atoms with E-state index < -0.39 is 0 Å². The normalized spacial score (nSPS) is 17.7. The molecule has 0 aromatic carbocycles. The second-order valence-corrected chi connectivity index (χ2v) is 5.32. The second kappa shape index (κ2) is 4.64. The van der Waals surface area contributed by atoms with Gasteiger partial charge in [-0.05, 0) is 28.8 Å². The summed E-state index contributed by atoms with van der Waals surface area (Å²) in [5.74, 6) is 2.37. The number of fused-ring (bicyclic) bond motifs is 1. The molecule has 7 heteroatoms. The van der Waals surface area contributed by atoms with Gasteiger partial charge < -0.3 is 10.5 Å². The first kappa shape index (κ1) is 12.1. The number of hydrogen-bond acceptors (Lipinski definition) is 4. The van der Waals surface area contributed by atoms with Crippen LogP contribution in [0.4, 0.5) is 0 Å². The first-order chi connectivity index (χ1) is 8.72. The minimum Gasteiger partial charge on any atom is -0.381 e. The van der Waals surface area contributed by atoms with Crippen molar-refractivity contribution in [3.63, 3.8) is 0 Å². The van der Waals surface area contributed by atoms with E-state index in [1.807, 2.05) is 11.6 Å². The molecule has 6 nitrogen and oxygen atoms in total. The highest BCUT2D eigenvalue weighted by atomic mass is 79.9. The van der Waals surface area contributed by atoms with Gasteiger partial charge >= 0.3 is 0 Å². The summed E-state index contributed by atoms with van der Waals surface area (Å²) in [6.45, 7) is 2.04. The molecule has 1 fully saturated rings. The summed E-state index contributed by atoms with van der Waals surface area (Å²) in [5.41, 5.74) is 6.48. The van der Waals surface area contributed by atoms with Crippen LogP contribution in [-0.4, -0.2) is 32.4 Å². The maximum absolute atomic E-state index is 5.65. The molecule has 98 valence electrons. The molecule has 0 saturated carbocycles. The molecule has 0 atom stereocenters. The molecular weight excluding hydrogens is 298 g/mol. The third kappa shape index (κ3) is 1.77. The lowest BCUT2D eigenvalue weighted by molar-refractivity contribution is 0.0829.